The van der Waals surface area contributed by atoms with E-state index in [1.165, 1.54) is 4.91 Å². The Bertz CT molecular complexity index is 632. The van der Waals surface area contributed by atoms with E-state index in [0.717, 1.165) is 35.1 Å². The van der Waals surface area contributed by atoms with Crippen LogP contribution in [0.2, 0.25) is 0 Å². The molecule has 3 rings (SSSR count). The molecule has 4 heteroatoms. The third-order valence-electron chi connectivity index (χ3n) is 3.07. The number of rotatable bonds is 3. The number of carbonyl (C=O) groups is 1. The predicted octanol–water partition coefficient (Wildman–Crippen LogP) is 3.69. The molecule has 1 aliphatic heterocycles. The van der Waals surface area contributed by atoms with E-state index < -0.39 is 0 Å². The molecule has 1 unspecified atom stereocenters. The number of fused-ring (bicyclic) bond motifs is 1. The van der Waals surface area contributed by atoms with Crippen molar-refractivity contribution in [1.82, 2.24) is 4.57 Å². The molecule has 0 saturated carbocycles. The molecule has 0 N–H and O–H groups in total. The minimum absolute atomic E-state index is 0.136. The van der Waals surface area contributed by atoms with E-state index >= 15 is 0 Å². The Morgan fingerprint density at radius 3 is 3.00 bits per heavy atom. The fourth-order valence-corrected chi connectivity index (χ4v) is 3.63. The van der Waals surface area contributed by atoms with Gasteiger partial charge >= 0.3 is 0 Å². The number of alkyl halides is 1. The molecule has 2 nitrogen and oxygen atoms in total. The number of thioether (sulfide) groups is 1. The smallest absolute Gasteiger partial charge is 0.152 e. The van der Waals surface area contributed by atoms with Crippen LogP contribution in [0.3, 0.4) is 0 Å². The molecule has 92 valence electrons. The lowest BCUT2D eigenvalue weighted by molar-refractivity contribution is 0.112. The quantitative estimate of drug-likeness (QED) is 0.630. The van der Waals surface area contributed by atoms with Crippen LogP contribution in [0.5, 0.6) is 0 Å². The SMILES string of the molecule is O=Cc1cn(CC2=CC(Cl)CS2)c2ccccc12. The highest BCUT2D eigenvalue weighted by atomic mass is 35.5. The number of nitrogens with zero attached hydrogens (tertiary/aromatic N) is 1. The van der Waals surface area contributed by atoms with E-state index in [0.29, 0.717) is 0 Å². The van der Waals surface area contributed by atoms with Crippen LogP contribution in [-0.4, -0.2) is 22.0 Å². The monoisotopic (exact) mass is 277 g/mol. The van der Waals surface area contributed by atoms with Gasteiger partial charge in [-0.05, 0) is 6.07 Å². The van der Waals surface area contributed by atoms with Crippen LogP contribution < -0.4 is 0 Å². The van der Waals surface area contributed by atoms with E-state index in [9.17, 15) is 4.79 Å². The highest BCUT2D eigenvalue weighted by Gasteiger charge is 2.15. The lowest BCUT2D eigenvalue weighted by Gasteiger charge is -2.05. The number of aromatic nitrogens is 1. The average Bonchev–Trinajstić information content (AvgIpc) is 2.95. The summed E-state index contributed by atoms with van der Waals surface area (Å²) in [6.45, 7) is 0.794. The van der Waals surface area contributed by atoms with Crippen LogP contribution in [0, 0.1) is 0 Å². The summed E-state index contributed by atoms with van der Waals surface area (Å²) in [5.41, 5.74) is 1.84. The van der Waals surface area contributed by atoms with Gasteiger partial charge in [-0.25, -0.2) is 0 Å². The molecule has 0 saturated heterocycles. The Kier molecular flexibility index (Phi) is 3.18. The molecule has 1 aromatic carbocycles. The van der Waals surface area contributed by atoms with E-state index in [4.69, 9.17) is 11.6 Å². The maximum Gasteiger partial charge on any atom is 0.152 e. The van der Waals surface area contributed by atoms with Gasteiger partial charge in [0.25, 0.3) is 0 Å². The van der Waals surface area contributed by atoms with Gasteiger partial charge in [0.05, 0.1) is 11.9 Å². The normalized spacial score (nSPS) is 19.2. The van der Waals surface area contributed by atoms with Gasteiger partial charge < -0.3 is 4.57 Å². The number of benzene rings is 1. The molecule has 0 radical (unpaired) electrons. The molecular formula is C14H12ClNOS. The van der Waals surface area contributed by atoms with Crippen molar-refractivity contribution in [2.75, 3.05) is 5.75 Å². The number of para-hydroxylation sites is 1. The highest BCUT2D eigenvalue weighted by Crippen LogP contribution is 2.31. The van der Waals surface area contributed by atoms with Gasteiger partial charge in [0.15, 0.2) is 6.29 Å². The molecule has 0 spiro atoms. The second-order valence-electron chi connectivity index (χ2n) is 4.31. The third kappa shape index (κ3) is 2.08. The number of halogens is 1. The summed E-state index contributed by atoms with van der Waals surface area (Å²) in [6, 6.07) is 7.97. The third-order valence-corrected chi connectivity index (χ3v) is 4.69. The predicted molar refractivity (Wildman–Crippen MR) is 77.5 cm³/mol. The summed E-state index contributed by atoms with van der Waals surface area (Å²) < 4.78 is 2.12. The standard InChI is InChI=1S/C14H12ClNOS/c15-11-5-12(18-9-11)7-16-6-10(8-17)13-3-1-2-4-14(13)16/h1-6,8,11H,7,9H2. The van der Waals surface area contributed by atoms with Crippen molar-refractivity contribution < 1.29 is 4.79 Å². The number of carbonyl (C=O) groups excluding carboxylic acids is 1. The van der Waals surface area contributed by atoms with Gasteiger partial charge in [-0.1, -0.05) is 24.3 Å². The minimum atomic E-state index is 0.136. The zero-order valence-electron chi connectivity index (χ0n) is 9.67. The largest absolute Gasteiger partial charge is 0.342 e. The van der Waals surface area contributed by atoms with Gasteiger partial charge in [-0.3, -0.25) is 4.79 Å². The Morgan fingerprint density at radius 2 is 2.28 bits per heavy atom. The van der Waals surface area contributed by atoms with Crippen molar-refractivity contribution in [3.05, 3.63) is 47.0 Å². The topological polar surface area (TPSA) is 22.0 Å². The number of allylic oxidation sites excluding steroid dienone is 2. The van der Waals surface area contributed by atoms with E-state index in [1.54, 1.807) is 11.8 Å². The maximum atomic E-state index is 11.1. The van der Waals surface area contributed by atoms with Crippen molar-refractivity contribution in [1.29, 1.82) is 0 Å². The molecule has 1 aliphatic rings. The van der Waals surface area contributed by atoms with Crippen LogP contribution >= 0.6 is 23.4 Å². The first-order valence-corrected chi connectivity index (χ1v) is 7.21. The Morgan fingerprint density at radius 1 is 1.44 bits per heavy atom. The van der Waals surface area contributed by atoms with Crippen LogP contribution in [0.4, 0.5) is 0 Å². The molecule has 0 amide bonds. The van der Waals surface area contributed by atoms with Crippen molar-refractivity contribution in [2.24, 2.45) is 0 Å². The first kappa shape index (κ1) is 11.9. The number of hydrogen-bond acceptors (Lipinski definition) is 2. The van der Waals surface area contributed by atoms with Gasteiger partial charge in [0.1, 0.15) is 0 Å². The first-order chi connectivity index (χ1) is 8.78. The van der Waals surface area contributed by atoms with Crippen LogP contribution in [-0.2, 0) is 6.54 Å². The second-order valence-corrected chi connectivity index (χ2v) is 6.01. The zero-order chi connectivity index (χ0) is 12.5. The van der Waals surface area contributed by atoms with E-state index in [-0.39, 0.29) is 5.38 Å². The summed E-state index contributed by atoms with van der Waals surface area (Å²) in [6.07, 6.45) is 4.93. The van der Waals surface area contributed by atoms with Crippen molar-refractivity contribution in [3.63, 3.8) is 0 Å². The van der Waals surface area contributed by atoms with Gasteiger partial charge in [-0.2, -0.15) is 0 Å². The summed E-state index contributed by atoms with van der Waals surface area (Å²) >= 11 is 7.85. The first-order valence-electron chi connectivity index (χ1n) is 5.78. The van der Waals surface area contributed by atoms with Gasteiger partial charge in [0.2, 0.25) is 0 Å². The number of hydrogen-bond donors (Lipinski definition) is 0. The molecule has 2 heterocycles. The molecule has 0 fully saturated rings. The summed E-state index contributed by atoms with van der Waals surface area (Å²) in [7, 11) is 0. The molecule has 0 bridgehead atoms. The minimum Gasteiger partial charge on any atom is -0.342 e. The molecule has 0 aliphatic carbocycles. The summed E-state index contributed by atoms with van der Waals surface area (Å²) in [5.74, 6) is 0.941. The van der Waals surface area contributed by atoms with Gasteiger partial charge in [0, 0.05) is 33.3 Å². The fraction of sp³-hybridized carbons (Fsp3) is 0.214. The van der Waals surface area contributed by atoms with E-state index in [2.05, 4.69) is 10.6 Å². The van der Waals surface area contributed by atoms with Crippen molar-refractivity contribution in [2.45, 2.75) is 11.9 Å². The molecule has 2 aromatic rings. The molecule has 18 heavy (non-hydrogen) atoms. The van der Waals surface area contributed by atoms with Crippen LogP contribution in [0.1, 0.15) is 10.4 Å². The lowest BCUT2D eigenvalue weighted by Crippen LogP contribution is -1.96. The Labute approximate surface area is 115 Å². The maximum absolute atomic E-state index is 11.1. The van der Waals surface area contributed by atoms with Gasteiger partial charge in [-0.15, -0.1) is 23.4 Å². The molecule has 1 atom stereocenters. The summed E-state index contributed by atoms with van der Waals surface area (Å²) in [4.78, 5) is 12.3. The zero-order valence-corrected chi connectivity index (χ0v) is 11.2. The van der Waals surface area contributed by atoms with Crippen molar-refractivity contribution >= 4 is 40.6 Å². The lowest BCUT2D eigenvalue weighted by atomic mass is 10.2. The molecule has 1 aromatic heterocycles. The Hall–Kier alpha value is -1.19. The molecular weight excluding hydrogens is 266 g/mol. The fourth-order valence-electron chi connectivity index (χ4n) is 2.25. The van der Waals surface area contributed by atoms with Crippen molar-refractivity contribution in [3.8, 4) is 0 Å². The average molecular weight is 278 g/mol. The Balaban J connectivity index is 2.02. The number of aldehydes is 1. The van der Waals surface area contributed by atoms with Crippen LogP contribution in [0.25, 0.3) is 10.9 Å². The highest BCUT2D eigenvalue weighted by molar-refractivity contribution is 8.03. The van der Waals surface area contributed by atoms with Crippen LogP contribution in [0.15, 0.2) is 41.4 Å². The second kappa shape index (κ2) is 4.82. The summed E-state index contributed by atoms with van der Waals surface area (Å²) in [5, 5.41) is 1.15. The van der Waals surface area contributed by atoms with E-state index in [1.807, 2.05) is 30.5 Å².